The van der Waals surface area contributed by atoms with Crippen molar-refractivity contribution in [1.82, 2.24) is 15.3 Å². The molecule has 7 nitrogen and oxygen atoms in total. The van der Waals surface area contributed by atoms with Crippen molar-refractivity contribution in [2.45, 2.75) is 23.1 Å². The summed E-state index contributed by atoms with van der Waals surface area (Å²) in [4.78, 5) is 18.8. The molecule has 2 unspecified atom stereocenters. The molecule has 1 N–H and O–H groups in total. The van der Waals surface area contributed by atoms with Crippen molar-refractivity contribution in [3.05, 3.63) is 34.5 Å². The van der Waals surface area contributed by atoms with Gasteiger partial charge >= 0.3 is 0 Å². The maximum Gasteiger partial charge on any atom is 0.271 e. The summed E-state index contributed by atoms with van der Waals surface area (Å²) in [5, 5.41) is 14.4. The molecule has 0 saturated carbocycles. The first-order valence-electron chi connectivity index (χ1n) is 6.67. The zero-order valence-electron chi connectivity index (χ0n) is 11.2. The molecule has 2 aromatic rings. The Hall–Kier alpha value is -1.93. The second-order valence-electron chi connectivity index (χ2n) is 4.90. The summed E-state index contributed by atoms with van der Waals surface area (Å²) in [6.07, 6.45) is 3.36. The number of nitro groups is 1. The van der Waals surface area contributed by atoms with Gasteiger partial charge in [-0.15, -0.1) is 0 Å². The van der Waals surface area contributed by atoms with Crippen LogP contribution < -0.4 is 5.32 Å². The van der Waals surface area contributed by atoms with Gasteiger partial charge in [-0.05, 0) is 25.5 Å². The van der Waals surface area contributed by atoms with Crippen LogP contribution in [0.25, 0.3) is 11.0 Å². The molecule has 21 heavy (non-hydrogen) atoms. The van der Waals surface area contributed by atoms with Crippen molar-refractivity contribution >= 4 is 27.5 Å². The first kappa shape index (κ1) is 14.0. The summed E-state index contributed by atoms with van der Waals surface area (Å²) in [6.45, 7) is 1.67. The van der Waals surface area contributed by atoms with Gasteiger partial charge in [-0.1, -0.05) is 0 Å². The Labute approximate surface area is 123 Å². The van der Waals surface area contributed by atoms with Crippen LogP contribution in [0.1, 0.15) is 12.8 Å². The Balaban J connectivity index is 1.91. The molecule has 8 heteroatoms. The van der Waals surface area contributed by atoms with Crippen LogP contribution in [0.4, 0.5) is 5.69 Å². The number of rotatable bonds is 3. The third-order valence-electron chi connectivity index (χ3n) is 3.48. The smallest absolute Gasteiger partial charge is 0.271 e. The summed E-state index contributed by atoms with van der Waals surface area (Å²) in [6, 6.07) is 4.30. The minimum Gasteiger partial charge on any atom is -0.316 e. The molecule has 2 atom stereocenters. The fourth-order valence-corrected chi connectivity index (χ4v) is 3.70. The topological polar surface area (TPSA) is 98.0 Å². The number of hydrogen-bond donors (Lipinski definition) is 1. The Morgan fingerprint density at radius 3 is 2.95 bits per heavy atom. The van der Waals surface area contributed by atoms with E-state index in [0.29, 0.717) is 22.6 Å². The van der Waals surface area contributed by atoms with E-state index in [0.717, 1.165) is 19.4 Å². The van der Waals surface area contributed by atoms with Gasteiger partial charge in [-0.25, -0.2) is 4.98 Å². The van der Waals surface area contributed by atoms with Crippen LogP contribution in [0.2, 0.25) is 0 Å². The summed E-state index contributed by atoms with van der Waals surface area (Å²) >= 11 is 0. The van der Waals surface area contributed by atoms with Crippen molar-refractivity contribution in [3.8, 4) is 0 Å². The molecule has 0 radical (unpaired) electrons. The molecule has 1 aromatic carbocycles. The second kappa shape index (κ2) is 5.82. The van der Waals surface area contributed by atoms with Crippen LogP contribution in [-0.2, 0) is 10.8 Å². The molecule has 110 valence electrons. The molecule has 3 rings (SSSR count). The SMILES string of the molecule is O=[N+]([O-])c1ccc2nc(S(=O)C3CCCNC3)cnc2c1. The van der Waals surface area contributed by atoms with Gasteiger partial charge in [0.15, 0.2) is 0 Å². The largest absolute Gasteiger partial charge is 0.316 e. The van der Waals surface area contributed by atoms with Crippen LogP contribution in [0, 0.1) is 10.1 Å². The number of nitro benzene ring substituents is 1. The molecule has 1 aromatic heterocycles. The van der Waals surface area contributed by atoms with Crippen LogP contribution >= 0.6 is 0 Å². The van der Waals surface area contributed by atoms with E-state index in [1.165, 1.54) is 18.3 Å². The quantitative estimate of drug-likeness (QED) is 0.680. The van der Waals surface area contributed by atoms with Gasteiger partial charge in [-0.2, -0.15) is 0 Å². The number of non-ortho nitro benzene ring substituents is 1. The molecule has 1 saturated heterocycles. The standard InChI is InChI=1S/C13H14N4O3S/c18-17(19)9-3-4-11-12(6-9)15-8-13(16-11)21(20)10-2-1-5-14-7-10/h3-4,6,8,10,14H,1-2,5,7H2. The molecular weight excluding hydrogens is 292 g/mol. The van der Waals surface area contributed by atoms with Gasteiger partial charge in [0.1, 0.15) is 5.03 Å². The predicted octanol–water partition coefficient (Wildman–Crippen LogP) is 1.40. The van der Waals surface area contributed by atoms with E-state index in [-0.39, 0.29) is 10.9 Å². The molecule has 2 heterocycles. The minimum absolute atomic E-state index is 0.0258. The van der Waals surface area contributed by atoms with Gasteiger partial charge in [0, 0.05) is 18.7 Å². The molecule has 1 aliphatic heterocycles. The molecule has 0 spiro atoms. The van der Waals surface area contributed by atoms with E-state index in [1.54, 1.807) is 6.07 Å². The number of benzene rings is 1. The Morgan fingerprint density at radius 1 is 1.38 bits per heavy atom. The molecule has 0 amide bonds. The summed E-state index contributed by atoms with van der Waals surface area (Å²) in [7, 11) is -1.21. The van der Waals surface area contributed by atoms with E-state index < -0.39 is 15.7 Å². The molecule has 0 bridgehead atoms. The zero-order chi connectivity index (χ0) is 14.8. The first-order valence-corrected chi connectivity index (χ1v) is 7.89. The fraction of sp³-hybridized carbons (Fsp3) is 0.385. The number of fused-ring (bicyclic) bond motifs is 1. The van der Waals surface area contributed by atoms with Crippen LogP contribution in [0.5, 0.6) is 0 Å². The maximum absolute atomic E-state index is 12.5. The van der Waals surface area contributed by atoms with E-state index >= 15 is 0 Å². The van der Waals surface area contributed by atoms with E-state index in [4.69, 9.17) is 0 Å². The van der Waals surface area contributed by atoms with Gasteiger partial charge < -0.3 is 5.32 Å². The molecule has 1 aliphatic rings. The summed E-state index contributed by atoms with van der Waals surface area (Å²) < 4.78 is 12.5. The third kappa shape index (κ3) is 2.91. The lowest BCUT2D eigenvalue weighted by Gasteiger charge is -2.21. The molecule has 1 fully saturated rings. The number of aromatic nitrogens is 2. The second-order valence-corrected chi connectivity index (χ2v) is 6.58. The molecule has 0 aliphatic carbocycles. The highest BCUT2D eigenvalue weighted by Gasteiger charge is 2.22. The van der Waals surface area contributed by atoms with Crippen molar-refractivity contribution in [2.75, 3.05) is 13.1 Å². The number of hydrogen-bond acceptors (Lipinski definition) is 6. The van der Waals surface area contributed by atoms with Crippen molar-refractivity contribution in [3.63, 3.8) is 0 Å². The van der Waals surface area contributed by atoms with Crippen LogP contribution in [0.15, 0.2) is 29.4 Å². The van der Waals surface area contributed by atoms with E-state index in [1.807, 2.05) is 0 Å². The normalized spacial score (nSPS) is 20.3. The van der Waals surface area contributed by atoms with Crippen molar-refractivity contribution < 1.29 is 9.13 Å². The monoisotopic (exact) mass is 306 g/mol. The van der Waals surface area contributed by atoms with E-state index in [9.17, 15) is 14.3 Å². The Morgan fingerprint density at radius 2 is 2.24 bits per heavy atom. The van der Waals surface area contributed by atoms with Crippen LogP contribution in [-0.4, -0.2) is 37.4 Å². The lowest BCUT2D eigenvalue weighted by atomic mass is 10.2. The summed E-state index contributed by atoms with van der Waals surface area (Å²) in [5.74, 6) is 0. The van der Waals surface area contributed by atoms with Gasteiger partial charge in [0.25, 0.3) is 5.69 Å². The highest BCUT2D eigenvalue weighted by atomic mass is 32.2. The van der Waals surface area contributed by atoms with Gasteiger partial charge in [0.05, 0.1) is 38.2 Å². The average molecular weight is 306 g/mol. The zero-order valence-corrected chi connectivity index (χ0v) is 12.0. The Kier molecular flexibility index (Phi) is 3.89. The van der Waals surface area contributed by atoms with Gasteiger partial charge in [0.2, 0.25) is 0 Å². The first-order chi connectivity index (χ1) is 10.1. The number of piperidine rings is 1. The predicted molar refractivity (Wildman–Crippen MR) is 78.5 cm³/mol. The van der Waals surface area contributed by atoms with Crippen molar-refractivity contribution in [1.29, 1.82) is 0 Å². The maximum atomic E-state index is 12.5. The lowest BCUT2D eigenvalue weighted by Crippen LogP contribution is -2.36. The number of nitrogens with one attached hydrogen (secondary N) is 1. The van der Waals surface area contributed by atoms with Crippen molar-refractivity contribution in [2.24, 2.45) is 0 Å². The highest BCUT2D eigenvalue weighted by molar-refractivity contribution is 7.85. The average Bonchev–Trinajstić information content (AvgIpc) is 2.54. The number of nitrogens with zero attached hydrogens (tertiary/aromatic N) is 3. The molecular formula is C13H14N4O3S. The summed E-state index contributed by atoms with van der Waals surface area (Å²) in [5.41, 5.74) is 0.934. The Bertz CT molecular complexity index is 716. The lowest BCUT2D eigenvalue weighted by molar-refractivity contribution is -0.384. The van der Waals surface area contributed by atoms with Gasteiger partial charge in [-0.3, -0.25) is 19.3 Å². The third-order valence-corrected chi connectivity index (χ3v) is 5.09. The van der Waals surface area contributed by atoms with E-state index in [2.05, 4.69) is 15.3 Å². The fourth-order valence-electron chi connectivity index (χ4n) is 2.37. The highest BCUT2D eigenvalue weighted by Crippen LogP contribution is 2.20. The minimum atomic E-state index is -1.21. The van der Waals surface area contributed by atoms with Crippen LogP contribution in [0.3, 0.4) is 0 Å².